The van der Waals surface area contributed by atoms with Crippen molar-refractivity contribution >= 4 is 23.1 Å². The van der Waals surface area contributed by atoms with Gasteiger partial charge in [-0.05, 0) is 62.6 Å². The second-order valence-corrected chi connectivity index (χ2v) is 8.35. The first-order valence-electron chi connectivity index (χ1n) is 10.7. The lowest BCUT2D eigenvalue weighted by atomic mass is 9.91. The third-order valence-electron chi connectivity index (χ3n) is 6.14. The van der Waals surface area contributed by atoms with Gasteiger partial charge in [0.2, 0.25) is 0 Å². The Hall–Kier alpha value is -3.61. The van der Waals surface area contributed by atoms with Crippen molar-refractivity contribution in [3.05, 3.63) is 71.6 Å². The molecule has 2 atom stereocenters. The molecule has 1 saturated heterocycles. The van der Waals surface area contributed by atoms with Crippen LogP contribution in [0.2, 0.25) is 0 Å². The third-order valence-corrected chi connectivity index (χ3v) is 6.14. The van der Waals surface area contributed by atoms with Gasteiger partial charge in [0.1, 0.15) is 5.52 Å². The lowest BCUT2D eigenvalue weighted by molar-refractivity contribution is 0.112. The predicted octanol–water partition coefficient (Wildman–Crippen LogP) is 5.32. The molecule has 1 fully saturated rings. The lowest BCUT2D eigenvalue weighted by Gasteiger charge is -2.40. The van der Waals surface area contributed by atoms with Gasteiger partial charge in [-0.15, -0.1) is 0 Å². The number of aryl methyl sites for hydroxylation is 1. The van der Waals surface area contributed by atoms with Crippen LogP contribution in [0.15, 0.2) is 53.2 Å². The lowest BCUT2D eigenvalue weighted by Crippen LogP contribution is -2.41. The zero-order chi connectivity index (χ0) is 22.2. The Morgan fingerprint density at radius 2 is 1.97 bits per heavy atom. The highest BCUT2D eigenvalue weighted by Crippen LogP contribution is 2.39. The predicted molar refractivity (Wildman–Crippen MR) is 120 cm³/mol. The number of benzene rings is 2. The normalized spacial score (nSPS) is 18.8. The molecular formula is C25H23FN4O2. The van der Waals surface area contributed by atoms with E-state index in [0.29, 0.717) is 29.4 Å². The second-order valence-electron chi connectivity index (χ2n) is 8.35. The minimum absolute atomic E-state index is 0.00253. The number of aromatic nitrogens is 3. The van der Waals surface area contributed by atoms with Gasteiger partial charge in [0.15, 0.2) is 29.4 Å². The summed E-state index contributed by atoms with van der Waals surface area (Å²) < 4.78 is 20.1. The molecule has 4 aromatic rings. The Labute approximate surface area is 185 Å². The number of rotatable bonds is 4. The van der Waals surface area contributed by atoms with Crippen molar-refractivity contribution in [2.24, 2.45) is 0 Å². The molecule has 0 amide bonds. The molecule has 3 heterocycles. The fourth-order valence-corrected chi connectivity index (χ4v) is 4.54. The number of carbonyl (C=O) groups excluding carboxylic acids is 1. The average molecular weight is 430 g/mol. The van der Waals surface area contributed by atoms with Crippen molar-refractivity contribution < 1.29 is 13.6 Å². The maximum atomic E-state index is 14.2. The molecule has 0 unspecified atom stereocenters. The third kappa shape index (κ3) is 3.53. The Bertz CT molecular complexity index is 1290. The van der Waals surface area contributed by atoms with Gasteiger partial charge < -0.3 is 9.32 Å². The van der Waals surface area contributed by atoms with Crippen LogP contribution in [0.3, 0.4) is 0 Å². The second kappa shape index (κ2) is 8.15. The molecule has 7 heteroatoms. The van der Waals surface area contributed by atoms with Crippen molar-refractivity contribution in [1.29, 1.82) is 0 Å². The highest BCUT2D eigenvalue weighted by molar-refractivity contribution is 5.93. The van der Waals surface area contributed by atoms with E-state index in [9.17, 15) is 9.18 Å². The highest BCUT2D eigenvalue weighted by atomic mass is 19.1. The van der Waals surface area contributed by atoms with Crippen LogP contribution >= 0.6 is 0 Å². The number of fused-ring (bicyclic) bond motifs is 1. The van der Waals surface area contributed by atoms with E-state index in [4.69, 9.17) is 4.42 Å². The van der Waals surface area contributed by atoms with Crippen molar-refractivity contribution in [1.82, 2.24) is 15.0 Å². The Morgan fingerprint density at radius 3 is 2.72 bits per heavy atom. The summed E-state index contributed by atoms with van der Waals surface area (Å²) in [5, 5.41) is 0. The number of hydrogen-bond donors (Lipinski definition) is 0. The minimum atomic E-state index is -0.378. The number of carbonyl (C=O) groups is 1. The zero-order valence-electron chi connectivity index (χ0n) is 18.0. The molecule has 1 aliphatic rings. The van der Waals surface area contributed by atoms with E-state index < -0.39 is 0 Å². The summed E-state index contributed by atoms with van der Waals surface area (Å²) in [6.45, 7) is 4.78. The molecule has 2 aromatic heterocycles. The Kier molecular flexibility index (Phi) is 5.17. The van der Waals surface area contributed by atoms with Gasteiger partial charge in [-0.25, -0.2) is 19.3 Å². The van der Waals surface area contributed by atoms with E-state index >= 15 is 0 Å². The molecule has 0 spiro atoms. The SMILES string of the molecule is Cc1cc(C=O)c(-c2ncccn2)c(N2C[C@H](c3nc4c(F)cccc4o3)CC[C@H]2C)c1. The quantitative estimate of drug-likeness (QED) is 0.408. The van der Waals surface area contributed by atoms with Gasteiger partial charge in [-0.3, -0.25) is 4.79 Å². The summed E-state index contributed by atoms with van der Waals surface area (Å²) >= 11 is 0. The summed E-state index contributed by atoms with van der Waals surface area (Å²) in [5.41, 5.74) is 3.91. The number of oxazole rings is 1. The molecule has 0 radical (unpaired) electrons. The van der Waals surface area contributed by atoms with Gasteiger partial charge in [0, 0.05) is 36.2 Å². The largest absolute Gasteiger partial charge is 0.440 e. The van der Waals surface area contributed by atoms with Crippen LogP contribution in [0, 0.1) is 12.7 Å². The van der Waals surface area contributed by atoms with Gasteiger partial charge in [-0.1, -0.05) is 6.07 Å². The van der Waals surface area contributed by atoms with Gasteiger partial charge in [-0.2, -0.15) is 0 Å². The topological polar surface area (TPSA) is 72.1 Å². The first-order chi connectivity index (χ1) is 15.5. The van der Waals surface area contributed by atoms with E-state index in [2.05, 4.69) is 32.8 Å². The van der Waals surface area contributed by atoms with Crippen LogP contribution in [0.25, 0.3) is 22.5 Å². The number of halogens is 1. The van der Waals surface area contributed by atoms with Crippen LogP contribution in [-0.2, 0) is 0 Å². The summed E-state index contributed by atoms with van der Waals surface area (Å²) in [5.74, 6) is 0.685. The maximum absolute atomic E-state index is 14.2. The van der Waals surface area contributed by atoms with Gasteiger partial charge >= 0.3 is 0 Å². The number of nitrogens with zero attached hydrogens (tertiary/aromatic N) is 4. The number of hydrogen-bond acceptors (Lipinski definition) is 6. The average Bonchev–Trinajstić information content (AvgIpc) is 3.25. The molecule has 0 N–H and O–H groups in total. The fourth-order valence-electron chi connectivity index (χ4n) is 4.54. The molecular weight excluding hydrogens is 407 g/mol. The van der Waals surface area contributed by atoms with E-state index in [0.717, 1.165) is 35.9 Å². The van der Waals surface area contributed by atoms with E-state index in [1.54, 1.807) is 30.6 Å². The van der Waals surface area contributed by atoms with E-state index in [-0.39, 0.29) is 23.3 Å². The van der Waals surface area contributed by atoms with Crippen molar-refractivity contribution in [3.63, 3.8) is 0 Å². The standard InChI is InChI=1S/C25H23FN4O2/c1-15-11-18(14-31)22(24-27-9-4-10-28-24)20(12-15)30-13-17(8-7-16(30)2)25-29-23-19(26)5-3-6-21(23)32-25/h3-6,9-12,14,16-17H,7-8,13H2,1-2H3/t16-,17-/m1/s1. The Balaban J connectivity index is 1.58. The zero-order valence-corrected chi connectivity index (χ0v) is 18.0. The van der Waals surface area contributed by atoms with Crippen molar-refractivity contribution in [2.45, 2.75) is 38.6 Å². The maximum Gasteiger partial charge on any atom is 0.200 e. The van der Waals surface area contributed by atoms with Crippen LogP contribution < -0.4 is 4.90 Å². The van der Waals surface area contributed by atoms with Crippen LogP contribution in [0.5, 0.6) is 0 Å². The van der Waals surface area contributed by atoms with Crippen LogP contribution in [0.4, 0.5) is 10.1 Å². The molecule has 5 rings (SSSR count). The molecule has 1 aliphatic heterocycles. The van der Waals surface area contributed by atoms with Crippen LogP contribution in [-0.4, -0.2) is 33.8 Å². The molecule has 0 bridgehead atoms. The number of piperidine rings is 1. The number of aldehydes is 1. The van der Waals surface area contributed by atoms with E-state index in [1.807, 2.05) is 13.0 Å². The molecule has 0 saturated carbocycles. The molecule has 162 valence electrons. The van der Waals surface area contributed by atoms with Crippen molar-refractivity contribution in [3.8, 4) is 11.4 Å². The summed E-state index contributed by atoms with van der Waals surface area (Å²) in [4.78, 5) is 27.5. The Morgan fingerprint density at radius 1 is 1.16 bits per heavy atom. The van der Waals surface area contributed by atoms with E-state index in [1.165, 1.54) is 6.07 Å². The number of para-hydroxylation sites is 1. The summed E-state index contributed by atoms with van der Waals surface area (Å²) in [6, 6.07) is 10.7. The van der Waals surface area contributed by atoms with Crippen molar-refractivity contribution in [2.75, 3.05) is 11.4 Å². The molecule has 0 aliphatic carbocycles. The number of anilines is 1. The fraction of sp³-hybridized carbons (Fsp3) is 0.280. The molecule has 6 nitrogen and oxygen atoms in total. The highest BCUT2D eigenvalue weighted by Gasteiger charge is 2.32. The molecule has 32 heavy (non-hydrogen) atoms. The first kappa shape index (κ1) is 20.3. The van der Waals surface area contributed by atoms with Gasteiger partial charge in [0.25, 0.3) is 0 Å². The monoisotopic (exact) mass is 430 g/mol. The van der Waals surface area contributed by atoms with Crippen LogP contribution in [0.1, 0.15) is 47.5 Å². The summed E-state index contributed by atoms with van der Waals surface area (Å²) in [7, 11) is 0. The van der Waals surface area contributed by atoms with Gasteiger partial charge in [0.05, 0.1) is 11.5 Å². The summed E-state index contributed by atoms with van der Waals surface area (Å²) in [6.07, 6.45) is 6.00. The smallest absolute Gasteiger partial charge is 0.200 e. The first-order valence-corrected chi connectivity index (χ1v) is 10.7. The molecule has 2 aromatic carbocycles. The minimum Gasteiger partial charge on any atom is -0.440 e.